The lowest BCUT2D eigenvalue weighted by Gasteiger charge is -2.28. The predicted octanol–water partition coefficient (Wildman–Crippen LogP) is 1.49. The molecule has 96 valence electrons. The molecule has 17 heavy (non-hydrogen) atoms. The molecule has 5 heteroatoms. The van der Waals surface area contributed by atoms with Crippen LogP contribution in [0.3, 0.4) is 0 Å². The Bertz CT molecular complexity index is 352. The maximum atomic E-state index is 5.89. The van der Waals surface area contributed by atoms with Crippen molar-refractivity contribution in [3.8, 4) is 0 Å². The summed E-state index contributed by atoms with van der Waals surface area (Å²) in [6, 6.07) is 0.347. The van der Waals surface area contributed by atoms with E-state index in [1.54, 1.807) is 0 Å². The van der Waals surface area contributed by atoms with Crippen LogP contribution in [0.1, 0.15) is 45.4 Å². The second kappa shape index (κ2) is 5.04. The van der Waals surface area contributed by atoms with Crippen molar-refractivity contribution in [3.63, 3.8) is 0 Å². The van der Waals surface area contributed by atoms with Crippen molar-refractivity contribution < 1.29 is 0 Å². The zero-order valence-electron chi connectivity index (χ0n) is 11.0. The molecule has 2 heterocycles. The van der Waals surface area contributed by atoms with Crippen molar-refractivity contribution in [2.75, 3.05) is 18.0 Å². The summed E-state index contributed by atoms with van der Waals surface area (Å²) in [5.74, 6) is 2.82. The summed E-state index contributed by atoms with van der Waals surface area (Å²) in [7, 11) is 0. The Balaban J connectivity index is 2.03. The van der Waals surface area contributed by atoms with Gasteiger partial charge in [0, 0.05) is 25.0 Å². The number of nitrogens with two attached hydrogens (primary N) is 1. The molecule has 0 saturated carbocycles. The van der Waals surface area contributed by atoms with Gasteiger partial charge in [-0.25, -0.2) is 0 Å². The summed E-state index contributed by atoms with van der Waals surface area (Å²) in [6.07, 6.45) is 2.06. The molecule has 0 amide bonds. The van der Waals surface area contributed by atoms with Gasteiger partial charge in [0.1, 0.15) is 5.82 Å². The van der Waals surface area contributed by atoms with Crippen LogP contribution in [-0.2, 0) is 0 Å². The average molecular weight is 237 g/mol. The van der Waals surface area contributed by atoms with Gasteiger partial charge in [0.2, 0.25) is 5.95 Å². The fourth-order valence-electron chi connectivity index (χ4n) is 2.03. The molecule has 0 bridgehead atoms. The zero-order chi connectivity index (χ0) is 12.4. The number of hydrogen-bond acceptors (Lipinski definition) is 4. The van der Waals surface area contributed by atoms with Gasteiger partial charge >= 0.3 is 0 Å². The molecule has 1 saturated heterocycles. The van der Waals surface area contributed by atoms with Gasteiger partial charge in [-0.15, -0.1) is 5.10 Å². The van der Waals surface area contributed by atoms with Crippen molar-refractivity contribution in [2.45, 2.75) is 45.6 Å². The van der Waals surface area contributed by atoms with Gasteiger partial charge in [-0.1, -0.05) is 20.8 Å². The van der Waals surface area contributed by atoms with Crippen LogP contribution in [0.4, 0.5) is 5.95 Å². The van der Waals surface area contributed by atoms with Crippen LogP contribution in [-0.4, -0.2) is 34.3 Å². The highest BCUT2D eigenvalue weighted by Gasteiger charge is 2.21. The van der Waals surface area contributed by atoms with Crippen molar-refractivity contribution in [1.82, 2.24) is 15.2 Å². The van der Waals surface area contributed by atoms with E-state index in [1.807, 2.05) is 0 Å². The Hall–Kier alpha value is -1.10. The number of nitrogens with one attached hydrogen (secondary N) is 1. The first kappa shape index (κ1) is 12.4. The van der Waals surface area contributed by atoms with Crippen molar-refractivity contribution in [2.24, 2.45) is 11.7 Å². The Kier molecular flexibility index (Phi) is 3.66. The third-order valence-electron chi connectivity index (χ3n) is 3.74. The number of H-pyrrole nitrogens is 1. The smallest absolute Gasteiger partial charge is 0.244 e. The van der Waals surface area contributed by atoms with Gasteiger partial charge in [0.05, 0.1) is 0 Å². The molecule has 1 atom stereocenters. The number of piperidine rings is 1. The highest BCUT2D eigenvalue weighted by Crippen LogP contribution is 2.22. The molecule has 1 aromatic rings. The maximum Gasteiger partial charge on any atom is 0.244 e. The molecular weight excluding hydrogens is 214 g/mol. The molecule has 1 fully saturated rings. The monoisotopic (exact) mass is 237 g/mol. The molecule has 0 radical (unpaired) electrons. The number of anilines is 1. The van der Waals surface area contributed by atoms with Gasteiger partial charge in [0.25, 0.3) is 0 Å². The molecule has 3 N–H and O–H groups in total. The molecule has 1 aliphatic rings. The first-order valence-electron chi connectivity index (χ1n) is 6.50. The summed E-state index contributed by atoms with van der Waals surface area (Å²) in [6.45, 7) is 8.52. The lowest BCUT2D eigenvalue weighted by molar-refractivity contribution is 0.494. The fraction of sp³-hybridized carbons (Fsp3) is 0.833. The SMILES string of the molecule is CC(C)C(C)c1nc(N2CCC(N)CC2)n[nH]1. The van der Waals surface area contributed by atoms with Gasteiger partial charge in [0.15, 0.2) is 0 Å². The second-order valence-electron chi connectivity index (χ2n) is 5.38. The Morgan fingerprint density at radius 3 is 2.53 bits per heavy atom. The molecule has 0 spiro atoms. The molecular formula is C12H23N5. The average Bonchev–Trinajstić information content (AvgIpc) is 2.78. The number of aromatic amines is 1. The molecule has 0 aliphatic carbocycles. The summed E-state index contributed by atoms with van der Waals surface area (Å²) < 4.78 is 0. The molecule has 5 nitrogen and oxygen atoms in total. The number of aromatic nitrogens is 3. The quantitative estimate of drug-likeness (QED) is 0.835. The predicted molar refractivity (Wildman–Crippen MR) is 69.1 cm³/mol. The second-order valence-corrected chi connectivity index (χ2v) is 5.38. The molecule has 1 aliphatic heterocycles. The first-order chi connectivity index (χ1) is 8.08. The summed E-state index contributed by atoms with van der Waals surface area (Å²) in [5.41, 5.74) is 5.89. The van der Waals surface area contributed by atoms with E-state index in [4.69, 9.17) is 5.73 Å². The van der Waals surface area contributed by atoms with Crippen molar-refractivity contribution in [1.29, 1.82) is 0 Å². The summed E-state index contributed by atoms with van der Waals surface area (Å²) >= 11 is 0. The van der Waals surface area contributed by atoms with Crippen LogP contribution < -0.4 is 10.6 Å². The molecule has 1 aromatic heterocycles. The minimum absolute atomic E-state index is 0.347. The van der Waals surface area contributed by atoms with Gasteiger partial charge in [-0.3, -0.25) is 5.10 Å². The largest absolute Gasteiger partial charge is 0.339 e. The highest BCUT2D eigenvalue weighted by molar-refractivity contribution is 5.30. The first-order valence-corrected chi connectivity index (χ1v) is 6.50. The molecule has 2 rings (SSSR count). The third-order valence-corrected chi connectivity index (χ3v) is 3.74. The maximum absolute atomic E-state index is 5.89. The van der Waals surface area contributed by atoms with Gasteiger partial charge in [-0.2, -0.15) is 4.98 Å². The Labute approximate surface area is 103 Å². The van der Waals surface area contributed by atoms with Crippen LogP contribution in [0, 0.1) is 5.92 Å². The van der Waals surface area contributed by atoms with E-state index in [9.17, 15) is 0 Å². The summed E-state index contributed by atoms with van der Waals surface area (Å²) in [5, 5.41) is 7.38. The van der Waals surface area contributed by atoms with E-state index < -0.39 is 0 Å². The lowest BCUT2D eigenvalue weighted by Crippen LogP contribution is -2.40. The van der Waals surface area contributed by atoms with Crippen LogP contribution in [0.5, 0.6) is 0 Å². The van der Waals surface area contributed by atoms with Gasteiger partial charge in [-0.05, 0) is 18.8 Å². The van der Waals surface area contributed by atoms with E-state index in [-0.39, 0.29) is 0 Å². The normalized spacial score (nSPS) is 19.9. The lowest BCUT2D eigenvalue weighted by atomic mass is 9.98. The number of hydrogen-bond donors (Lipinski definition) is 2. The third kappa shape index (κ3) is 2.77. The minimum Gasteiger partial charge on any atom is -0.339 e. The standard InChI is InChI=1S/C12H23N5/c1-8(2)9(3)11-14-12(16-15-11)17-6-4-10(13)5-7-17/h8-10H,4-7,13H2,1-3H3,(H,14,15,16). The molecule has 0 aromatic carbocycles. The number of nitrogens with zero attached hydrogens (tertiary/aromatic N) is 3. The van der Waals surface area contributed by atoms with Crippen LogP contribution >= 0.6 is 0 Å². The zero-order valence-corrected chi connectivity index (χ0v) is 11.0. The van der Waals surface area contributed by atoms with Crippen molar-refractivity contribution >= 4 is 5.95 Å². The number of rotatable bonds is 3. The van der Waals surface area contributed by atoms with Crippen molar-refractivity contribution in [3.05, 3.63) is 5.82 Å². The van der Waals surface area contributed by atoms with Crippen LogP contribution in [0.25, 0.3) is 0 Å². The Morgan fingerprint density at radius 2 is 1.94 bits per heavy atom. The van der Waals surface area contributed by atoms with E-state index in [2.05, 4.69) is 40.9 Å². The van der Waals surface area contributed by atoms with E-state index in [1.165, 1.54) is 0 Å². The van der Waals surface area contributed by atoms with E-state index in [0.717, 1.165) is 37.7 Å². The highest BCUT2D eigenvalue weighted by atomic mass is 15.4. The van der Waals surface area contributed by atoms with E-state index in [0.29, 0.717) is 17.9 Å². The van der Waals surface area contributed by atoms with Crippen LogP contribution in [0.15, 0.2) is 0 Å². The summed E-state index contributed by atoms with van der Waals surface area (Å²) in [4.78, 5) is 6.82. The van der Waals surface area contributed by atoms with Gasteiger partial charge < -0.3 is 10.6 Å². The minimum atomic E-state index is 0.347. The molecule has 1 unspecified atom stereocenters. The van der Waals surface area contributed by atoms with E-state index >= 15 is 0 Å². The fourth-order valence-corrected chi connectivity index (χ4v) is 2.03. The topological polar surface area (TPSA) is 70.8 Å². The Morgan fingerprint density at radius 1 is 1.29 bits per heavy atom. The van der Waals surface area contributed by atoms with Crippen LogP contribution in [0.2, 0.25) is 0 Å².